The zero-order valence-electron chi connectivity index (χ0n) is 16.9. The molecule has 2 aromatic heterocycles. The summed E-state index contributed by atoms with van der Waals surface area (Å²) in [5, 5.41) is 13.9. The summed E-state index contributed by atoms with van der Waals surface area (Å²) < 4.78 is 26.4. The fourth-order valence-corrected chi connectivity index (χ4v) is 4.49. The van der Waals surface area contributed by atoms with Crippen molar-refractivity contribution in [2.24, 2.45) is 0 Å². The Morgan fingerprint density at radius 3 is 2.94 bits per heavy atom. The minimum Gasteiger partial charge on any atom is -0.489 e. The molecule has 2 heterocycles. The van der Waals surface area contributed by atoms with Gasteiger partial charge in [0.1, 0.15) is 18.0 Å². The third-order valence-electron chi connectivity index (χ3n) is 4.78. The number of methoxy groups -OCH3 is 1. The van der Waals surface area contributed by atoms with Crippen LogP contribution in [-0.4, -0.2) is 38.2 Å². The topological polar surface area (TPSA) is 86.5 Å². The molecule has 0 spiro atoms. The summed E-state index contributed by atoms with van der Waals surface area (Å²) in [5.74, 6) is -0.381. The molecule has 1 fully saturated rings. The van der Waals surface area contributed by atoms with Gasteiger partial charge in [-0.3, -0.25) is 4.79 Å². The van der Waals surface area contributed by atoms with Gasteiger partial charge >= 0.3 is 5.97 Å². The van der Waals surface area contributed by atoms with Crippen molar-refractivity contribution in [2.45, 2.75) is 36.4 Å². The number of rotatable bonds is 10. The van der Waals surface area contributed by atoms with Crippen LogP contribution in [0.25, 0.3) is 5.69 Å². The highest BCUT2D eigenvalue weighted by Crippen LogP contribution is 2.45. The summed E-state index contributed by atoms with van der Waals surface area (Å²) in [6.07, 6.45) is 6.74. The number of carboxylic acids is 1. The van der Waals surface area contributed by atoms with Crippen LogP contribution < -0.4 is 9.47 Å². The van der Waals surface area contributed by atoms with Crippen LogP contribution in [0, 0.1) is 5.82 Å². The molecule has 0 saturated heterocycles. The third-order valence-corrected chi connectivity index (χ3v) is 6.40. The van der Waals surface area contributed by atoms with Crippen molar-refractivity contribution >= 4 is 17.7 Å². The van der Waals surface area contributed by atoms with Gasteiger partial charge in [0, 0.05) is 28.3 Å². The molecule has 4 rings (SSSR count). The number of carbonyl (C=O) groups is 1. The van der Waals surface area contributed by atoms with Gasteiger partial charge in [-0.25, -0.2) is 14.1 Å². The monoisotopic (exact) mass is 443 g/mol. The van der Waals surface area contributed by atoms with Crippen LogP contribution in [0.4, 0.5) is 4.39 Å². The third kappa shape index (κ3) is 5.55. The quantitative estimate of drug-likeness (QED) is 0.497. The summed E-state index contributed by atoms with van der Waals surface area (Å²) in [7, 11) is 1.46. The van der Waals surface area contributed by atoms with Gasteiger partial charge in [-0.15, -0.1) is 11.8 Å². The van der Waals surface area contributed by atoms with E-state index in [1.165, 1.54) is 17.9 Å². The Bertz CT molecular complexity index is 1070. The van der Waals surface area contributed by atoms with Crippen LogP contribution in [-0.2, 0) is 11.4 Å². The number of aromatic nitrogens is 3. The van der Waals surface area contributed by atoms with E-state index in [4.69, 9.17) is 9.47 Å². The first-order valence-corrected chi connectivity index (χ1v) is 10.8. The molecule has 31 heavy (non-hydrogen) atoms. The number of benzene rings is 1. The molecule has 1 aliphatic rings. The molecule has 0 radical (unpaired) electrons. The number of aliphatic carboxylic acids is 1. The standard InChI is InChI=1S/C22H22FN3O4S/c1-29-21-8-19(18(23)11-24-21)26-12-14(10-25-26)13-30-16-4-2-3-15(7-16)20(9-22(27)28)31-17-5-6-17/h2-4,7-8,10-12,17,20H,5-6,9,13H2,1H3,(H,27,28). The number of hydrogen-bond donors (Lipinski definition) is 1. The van der Waals surface area contributed by atoms with E-state index in [2.05, 4.69) is 10.1 Å². The Morgan fingerprint density at radius 2 is 2.19 bits per heavy atom. The maximum absolute atomic E-state index is 14.1. The smallest absolute Gasteiger partial charge is 0.304 e. The molecule has 1 N–H and O–H groups in total. The van der Waals surface area contributed by atoms with Gasteiger partial charge in [0.2, 0.25) is 5.88 Å². The van der Waals surface area contributed by atoms with Crippen LogP contribution in [0.1, 0.15) is 35.6 Å². The fraction of sp³-hybridized carbons (Fsp3) is 0.318. The summed E-state index contributed by atoms with van der Waals surface area (Å²) in [4.78, 5) is 15.1. The Hall–Kier alpha value is -3.07. The molecule has 1 unspecified atom stereocenters. The van der Waals surface area contributed by atoms with Crippen molar-refractivity contribution in [2.75, 3.05) is 7.11 Å². The van der Waals surface area contributed by atoms with Crippen molar-refractivity contribution in [3.8, 4) is 17.3 Å². The summed E-state index contributed by atoms with van der Waals surface area (Å²) in [5.41, 5.74) is 1.93. The van der Waals surface area contributed by atoms with E-state index in [-0.39, 0.29) is 24.0 Å². The van der Waals surface area contributed by atoms with E-state index >= 15 is 0 Å². The Labute approximate surface area is 183 Å². The average Bonchev–Trinajstić information content (AvgIpc) is 3.46. The summed E-state index contributed by atoms with van der Waals surface area (Å²) >= 11 is 1.72. The highest BCUT2D eigenvalue weighted by atomic mass is 32.2. The molecule has 0 bridgehead atoms. The van der Waals surface area contributed by atoms with E-state index in [1.54, 1.807) is 24.2 Å². The first kappa shape index (κ1) is 21.2. The Morgan fingerprint density at radius 1 is 1.35 bits per heavy atom. The van der Waals surface area contributed by atoms with Crippen LogP contribution >= 0.6 is 11.8 Å². The zero-order valence-corrected chi connectivity index (χ0v) is 17.7. The van der Waals surface area contributed by atoms with E-state index in [0.29, 0.717) is 16.9 Å². The molecule has 0 aliphatic heterocycles. The van der Waals surface area contributed by atoms with E-state index in [9.17, 15) is 14.3 Å². The summed E-state index contributed by atoms with van der Waals surface area (Å²) in [6, 6.07) is 9.00. The molecule has 0 amide bonds. The molecule has 1 aliphatic carbocycles. The molecule has 1 atom stereocenters. The zero-order chi connectivity index (χ0) is 21.8. The Kier molecular flexibility index (Phi) is 6.41. The first-order valence-electron chi connectivity index (χ1n) is 9.85. The van der Waals surface area contributed by atoms with Crippen LogP contribution in [0.5, 0.6) is 11.6 Å². The van der Waals surface area contributed by atoms with Crippen molar-refractivity contribution in [1.82, 2.24) is 14.8 Å². The lowest BCUT2D eigenvalue weighted by Crippen LogP contribution is -2.05. The largest absolute Gasteiger partial charge is 0.489 e. The molecule has 7 nitrogen and oxygen atoms in total. The van der Waals surface area contributed by atoms with Gasteiger partial charge in [0.05, 0.1) is 25.9 Å². The second-order valence-corrected chi connectivity index (χ2v) is 8.76. The number of ether oxygens (including phenoxy) is 2. The predicted octanol–water partition coefficient (Wildman–Crippen LogP) is 4.41. The predicted molar refractivity (Wildman–Crippen MR) is 114 cm³/mol. The molecule has 1 aromatic carbocycles. The van der Waals surface area contributed by atoms with Crippen LogP contribution in [0.3, 0.4) is 0 Å². The number of halogens is 1. The molecular formula is C22H22FN3O4S. The molecule has 1 saturated carbocycles. The van der Waals surface area contributed by atoms with Gasteiger partial charge in [-0.1, -0.05) is 12.1 Å². The maximum Gasteiger partial charge on any atom is 0.304 e. The van der Waals surface area contributed by atoms with Gasteiger partial charge < -0.3 is 14.6 Å². The van der Waals surface area contributed by atoms with Crippen molar-refractivity contribution in [3.05, 3.63) is 65.9 Å². The van der Waals surface area contributed by atoms with E-state index in [1.807, 2.05) is 24.3 Å². The molecule has 162 valence electrons. The number of thioether (sulfide) groups is 1. The number of nitrogens with zero attached hydrogens (tertiary/aromatic N) is 3. The van der Waals surface area contributed by atoms with Crippen LogP contribution in [0.2, 0.25) is 0 Å². The van der Waals surface area contributed by atoms with Gasteiger partial charge in [0.15, 0.2) is 5.82 Å². The maximum atomic E-state index is 14.1. The van der Waals surface area contributed by atoms with Crippen molar-refractivity contribution in [3.63, 3.8) is 0 Å². The van der Waals surface area contributed by atoms with Crippen molar-refractivity contribution in [1.29, 1.82) is 0 Å². The fourth-order valence-electron chi connectivity index (χ4n) is 3.07. The van der Waals surface area contributed by atoms with Crippen molar-refractivity contribution < 1.29 is 23.8 Å². The minimum atomic E-state index is -0.808. The lowest BCUT2D eigenvalue weighted by atomic mass is 10.1. The summed E-state index contributed by atoms with van der Waals surface area (Å²) in [6.45, 7) is 0.243. The highest BCUT2D eigenvalue weighted by Gasteiger charge is 2.28. The normalized spacial score (nSPS) is 14.3. The minimum absolute atomic E-state index is 0.0817. The van der Waals surface area contributed by atoms with E-state index < -0.39 is 11.8 Å². The number of hydrogen-bond acceptors (Lipinski definition) is 6. The lowest BCUT2D eigenvalue weighted by molar-refractivity contribution is -0.137. The molecule has 9 heteroatoms. The van der Waals surface area contributed by atoms with Gasteiger partial charge in [0.25, 0.3) is 0 Å². The second kappa shape index (κ2) is 9.38. The highest BCUT2D eigenvalue weighted by molar-refractivity contribution is 8.00. The molecule has 3 aromatic rings. The van der Waals surface area contributed by atoms with Crippen LogP contribution in [0.15, 0.2) is 48.9 Å². The van der Waals surface area contributed by atoms with Gasteiger partial charge in [-0.2, -0.15) is 5.10 Å². The molecular weight excluding hydrogens is 421 g/mol. The van der Waals surface area contributed by atoms with Gasteiger partial charge in [-0.05, 0) is 30.5 Å². The average molecular weight is 444 g/mol. The lowest BCUT2D eigenvalue weighted by Gasteiger charge is -2.16. The van der Waals surface area contributed by atoms with E-state index in [0.717, 1.165) is 30.2 Å². The number of pyridine rings is 1. The second-order valence-electron chi connectivity index (χ2n) is 7.25. The Balaban J connectivity index is 1.44. The SMILES string of the molecule is COc1cc(-n2cc(COc3cccc(C(CC(=O)O)SC4CC4)c3)cn2)c(F)cn1. The number of carboxylic acid groups (broad SMARTS) is 1. The first-order chi connectivity index (χ1) is 15.0.